The Morgan fingerprint density at radius 2 is 1.55 bits per heavy atom. The third kappa shape index (κ3) is 3.22. The van der Waals surface area contributed by atoms with Gasteiger partial charge in [-0.3, -0.25) is 9.59 Å². The van der Waals surface area contributed by atoms with Gasteiger partial charge in [0.25, 0.3) is 0 Å². The molecular formula is C23H19Br2NO5. The summed E-state index contributed by atoms with van der Waals surface area (Å²) in [6, 6.07) is 13.2. The number of carbonyl (C=O) groups is 3. The molecule has 0 unspecified atom stereocenters. The molecule has 1 heterocycles. The maximum Gasteiger partial charge on any atom is 0.343 e. The van der Waals surface area contributed by atoms with Crippen LogP contribution in [0.4, 0.5) is 5.69 Å². The second-order valence-electron chi connectivity index (χ2n) is 8.13. The first-order valence-electron chi connectivity index (χ1n) is 10.0. The van der Waals surface area contributed by atoms with Crippen LogP contribution in [0.25, 0.3) is 0 Å². The number of rotatable bonds is 4. The molecule has 5 rings (SSSR count). The Kier molecular flexibility index (Phi) is 5.17. The van der Waals surface area contributed by atoms with Crippen molar-refractivity contribution in [3.05, 3.63) is 54.1 Å². The van der Waals surface area contributed by atoms with Gasteiger partial charge in [0.2, 0.25) is 11.8 Å². The minimum absolute atomic E-state index is 0.148. The molecule has 0 N–H and O–H groups in total. The monoisotopic (exact) mass is 547 g/mol. The number of esters is 1. The Morgan fingerprint density at radius 1 is 0.935 bits per heavy atom. The topological polar surface area (TPSA) is 72.9 Å². The van der Waals surface area contributed by atoms with Crippen molar-refractivity contribution in [1.82, 2.24) is 0 Å². The largest absolute Gasteiger partial charge is 0.497 e. The van der Waals surface area contributed by atoms with Crippen molar-refractivity contribution in [2.75, 3.05) is 12.0 Å². The number of hydrogen-bond donors (Lipinski definition) is 0. The number of halogens is 2. The normalized spacial score (nSPS) is 31.1. The van der Waals surface area contributed by atoms with Gasteiger partial charge in [0.05, 0.1) is 30.2 Å². The smallest absolute Gasteiger partial charge is 0.343 e. The van der Waals surface area contributed by atoms with Crippen molar-refractivity contribution in [1.29, 1.82) is 0 Å². The van der Waals surface area contributed by atoms with Gasteiger partial charge in [0, 0.05) is 15.7 Å². The summed E-state index contributed by atoms with van der Waals surface area (Å²) in [7, 11) is 1.52. The highest BCUT2D eigenvalue weighted by atomic mass is 79.9. The minimum Gasteiger partial charge on any atom is -0.497 e. The molecule has 3 aliphatic rings. The van der Waals surface area contributed by atoms with Crippen LogP contribution in [0.2, 0.25) is 0 Å². The lowest BCUT2D eigenvalue weighted by Gasteiger charge is -2.28. The van der Waals surface area contributed by atoms with E-state index in [1.54, 1.807) is 48.5 Å². The first-order chi connectivity index (χ1) is 14.9. The van der Waals surface area contributed by atoms with Crippen molar-refractivity contribution in [2.45, 2.75) is 16.1 Å². The number of alkyl halides is 2. The van der Waals surface area contributed by atoms with Crippen LogP contribution in [-0.4, -0.2) is 34.5 Å². The van der Waals surface area contributed by atoms with Crippen molar-refractivity contribution < 1.29 is 23.9 Å². The zero-order valence-corrected chi connectivity index (χ0v) is 19.7. The fourth-order valence-electron chi connectivity index (χ4n) is 5.21. The molecule has 2 bridgehead atoms. The maximum atomic E-state index is 13.2. The van der Waals surface area contributed by atoms with Gasteiger partial charge in [-0.2, -0.15) is 0 Å². The average Bonchev–Trinajstić information content (AvgIpc) is 3.38. The summed E-state index contributed by atoms with van der Waals surface area (Å²) in [5.41, 5.74) is 0.771. The van der Waals surface area contributed by atoms with Crippen LogP contribution in [0.5, 0.6) is 11.5 Å². The number of hydrogen-bond acceptors (Lipinski definition) is 5. The molecular weight excluding hydrogens is 530 g/mol. The number of amides is 2. The lowest BCUT2D eigenvalue weighted by molar-refractivity contribution is -0.123. The minimum atomic E-state index is -0.547. The molecule has 6 nitrogen and oxygen atoms in total. The van der Waals surface area contributed by atoms with E-state index in [0.717, 1.165) is 6.42 Å². The Bertz CT molecular complexity index is 1060. The van der Waals surface area contributed by atoms with Gasteiger partial charge in [0.15, 0.2) is 0 Å². The summed E-state index contributed by atoms with van der Waals surface area (Å²) in [4.78, 5) is 40.6. The second-order valence-corrected chi connectivity index (χ2v) is 10.2. The third-order valence-electron chi connectivity index (χ3n) is 6.58. The number of imide groups is 1. The number of carbonyl (C=O) groups excluding carboxylic acids is 3. The summed E-state index contributed by atoms with van der Waals surface area (Å²) in [6.45, 7) is 0. The lowest BCUT2D eigenvalue weighted by atomic mass is 9.81. The molecule has 0 aromatic heterocycles. The van der Waals surface area contributed by atoms with E-state index in [-0.39, 0.29) is 50.9 Å². The van der Waals surface area contributed by atoms with E-state index >= 15 is 0 Å². The quantitative estimate of drug-likeness (QED) is 0.248. The molecule has 2 aromatic carbocycles. The maximum absolute atomic E-state index is 13.2. The molecule has 8 heteroatoms. The van der Waals surface area contributed by atoms with E-state index in [2.05, 4.69) is 31.9 Å². The number of fused-ring (bicyclic) bond motifs is 5. The SMILES string of the molecule is COc1cccc(C(=O)Oc2cccc(N3C(=O)[C@H]4[C@@H]5C[C@@H]([C@@H](Br)[C@H]5Br)[C@@H]4C3=O)c2)c1. The first kappa shape index (κ1) is 20.7. The Labute approximate surface area is 196 Å². The number of ether oxygens (including phenoxy) is 2. The molecule has 2 aromatic rings. The van der Waals surface area contributed by atoms with E-state index < -0.39 is 5.97 Å². The van der Waals surface area contributed by atoms with Crippen LogP contribution in [0.15, 0.2) is 48.5 Å². The highest BCUT2D eigenvalue weighted by Gasteiger charge is 2.66. The molecule has 1 saturated heterocycles. The van der Waals surface area contributed by atoms with E-state index in [1.807, 2.05) is 0 Å². The average molecular weight is 549 g/mol. The summed E-state index contributed by atoms with van der Waals surface area (Å²) in [5.74, 6) is -0.350. The number of methoxy groups -OCH3 is 1. The molecule has 31 heavy (non-hydrogen) atoms. The van der Waals surface area contributed by atoms with Gasteiger partial charge in [-0.15, -0.1) is 0 Å². The number of nitrogens with zero attached hydrogens (tertiary/aromatic N) is 1. The summed E-state index contributed by atoms with van der Waals surface area (Å²) in [5, 5.41) is 0. The van der Waals surface area contributed by atoms with Gasteiger partial charge in [-0.1, -0.05) is 44.0 Å². The predicted octanol–water partition coefficient (Wildman–Crippen LogP) is 4.20. The highest BCUT2D eigenvalue weighted by Crippen LogP contribution is 2.60. The van der Waals surface area contributed by atoms with Crippen LogP contribution in [0, 0.1) is 23.7 Å². The molecule has 2 saturated carbocycles. The van der Waals surface area contributed by atoms with Crippen LogP contribution < -0.4 is 14.4 Å². The molecule has 0 radical (unpaired) electrons. The van der Waals surface area contributed by atoms with Crippen LogP contribution in [0.3, 0.4) is 0 Å². The number of anilines is 1. The van der Waals surface area contributed by atoms with E-state index in [9.17, 15) is 14.4 Å². The summed E-state index contributed by atoms with van der Waals surface area (Å²) >= 11 is 7.39. The summed E-state index contributed by atoms with van der Waals surface area (Å²) in [6.07, 6.45) is 0.880. The number of benzene rings is 2. The molecule has 6 atom stereocenters. The van der Waals surface area contributed by atoms with Crippen molar-refractivity contribution in [3.8, 4) is 11.5 Å². The van der Waals surface area contributed by atoms with E-state index in [1.165, 1.54) is 12.0 Å². The molecule has 160 valence electrons. The van der Waals surface area contributed by atoms with Crippen LogP contribution in [-0.2, 0) is 9.59 Å². The zero-order chi connectivity index (χ0) is 21.9. The molecule has 1 aliphatic heterocycles. The Balaban J connectivity index is 1.39. The fraction of sp³-hybridized carbons (Fsp3) is 0.348. The highest BCUT2D eigenvalue weighted by molar-refractivity contribution is 9.12. The zero-order valence-electron chi connectivity index (χ0n) is 16.5. The van der Waals surface area contributed by atoms with Gasteiger partial charge in [-0.05, 0) is 48.6 Å². The van der Waals surface area contributed by atoms with E-state index in [0.29, 0.717) is 17.0 Å². The van der Waals surface area contributed by atoms with Gasteiger partial charge in [-0.25, -0.2) is 9.69 Å². The third-order valence-corrected chi connectivity index (χ3v) is 9.79. The van der Waals surface area contributed by atoms with Gasteiger partial charge < -0.3 is 9.47 Å². The second kappa shape index (κ2) is 7.74. The van der Waals surface area contributed by atoms with Crippen LogP contribution >= 0.6 is 31.9 Å². The Morgan fingerprint density at radius 3 is 2.19 bits per heavy atom. The lowest BCUT2D eigenvalue weighted by Crippen LogP contribution is -2.37. The van der Waals surface area contributed by atoms with Crippen molar-refractivity contribution >= 4 is 55.3 Å². The molecule has 2 amide bonds. The molecule has 2 aliphatic carbocycles. The van der Waals surface area contributed by atoms with E-state index in [4.69, 9.17) is 9.47 Å². The predicted molar refractivity (Wildman–Crippen MR) is 121 cm³/mol. The van der Waals surface area contributed by atoms with Gasteiger partial charge in [0.1, 0.15) is 11.5 Å². The van der Waals surface area contributed by atoms with Gasteiger partial charge >= 0.3 is 5.97 Å². The van der Waals surface area contributed by atoms with Crippen LogP contribution in [0.1, 0.15) is 16.8 Å². The Hall–Kier alpha value is -2.19. The summed E-state index contributed by atoms with van der Waals surface area (Å²) < 4.78 is 10.6. The first-order valence-corrected chi connectivity index (χ1v) is 11.9. The van der Waals surface area contributed by atoms with Crippen molar-refractivity contribution in [2.24, 2.45) is 23.7 Å². The fourth-order valence-corrected chi connectivity index (χ4v) is 7.08. The van der Waals surface area contributed by atoms with Crippen molar-refractivity contribution in [3.63, 3.8) is 0 Å². The molecule has 3 fully saturated rings. The molecule has 0 spiro atoms. The standard InChI is InChI=1S/C23H19Br2NO5/c1-30-13-6-2-4-11(8-13)23(29)31-14-7-3-5-12(9-14)26-21(27)17-15-10-16(18(17)22(26)28)20(25)19(15)24/h2-9,15-20H,10H2,1H3/t15-,16+,17-,18-,19-,20+/m0/s1.